The van der Waals surface area contributed by atoms with Gasteiger partial charge in [-0.05, 0) is 55.1 Å². The highest BCUT2D eigenvalue weighted by Gasteiger charge is 2.66. The molecule has 0 radical (unpaired) electrons. The molecule has 2 unspecified atom stereocenters. The maximum atomic E-state index is 12.3. The molecule has 2 aromatic heterocycles. The lowest BCUT2D eigenvalue weighted by molar-refractivity contribution is -0.116. The monoisotopic (exact) mass is 359 g/mol. The molecule has 2 heterocycles. The van der Waals surface area contributed by atoms with Crippen molar-refractivity contribution < 1.29 is 15.0 Å². The summed E-state index contributed by atoms with van der Waals surface area (Å²) in [6, 6.07) is 3.24. The zero-order valence-electron chi connectivity index (χ0n) is 13.5. The number of hydrogen-bond acceptors (Lipinski definition) is 4. The van der Waals surface area contributed by atoms with E-state index in [0.29, 0.717) is 22.7 Å². The fourth-order valence-corrected chi connectivity index (χ4v) is 5.23. The van der Waals surface area contributed by atoms with Crippen molar-refractivity contribution in [2.75, 3.05) is 5.32 Å². The number of fused-ring (bicyclic) bond motifs is 3. The topological polar surface area (TPSA) is 87.4 Å². The minimum absolute atomic E-state index is 0.0513. The lowest BCUT2D eigenvalue weighted by Gasteiger charge is -2.16. The second-order valence-corrected chi connectivity index (χ2v) is 7.78. The summed E-state index contributed by atoms with van der Waals surface area (Å²) in [5.41, 5.74) is 2.57. The Balaban J connectivity index is 1.41. The number of nitrogens with one attached hydrogen (secondary N) is 1. The van der Waals surface area contributed by atoms with Crippen LogP contribution in [-0.4, -0.2) is 25.7 Å². The molecule has 0 saturated heterocycles. The molecular formula is C18H18ClN3O3. The number of rotatable bonds is 3. The van der Waals surface area contributed by atoms with Gasteiger partial charge in [0.25, 0.3) is 0 Å². The lowest BCUT2D eigenvalue weighted by atomic mass is 9.91. The summed E-state index contributed by atoms with van der Waals surface area (Å²) in [5.74, 6) is 0.439. The first kappa shape index (κ1) is 15.1. The molecule has 25 heavy (non-hydrogen) atoms. The summed E-state index contributed by atoms with van der Waals surface area (Å²) in [7, 11) is 0. The van der Waals surface area contributed by atoms with Crippen molar-refractivity contribution in [2.24, 2.45) is 5.41 Å². The number of aromatic hydroxyl groups is 2. The van der Waals surface area contributed by atoms with Crippen molar-refractivity contribution in [3.63, 3.8) is 0 Å². The number of hydrogen-bond donors (Lipinski definition) is 3. The number of aromatic nitrogens is 2. The Labute approximate surface area is 149 Å². The molecular weight excluding hydrogens is 342 g/mol. The SMILES string of the molecule is O=C(Cn1c(O)c2c(c1O)C1CCC2C12CC2)Nc1ccc(Cl)nc1. The van der Waals surface area contributed by atoms with Crippen LogP contribution in [0.5, 0.6) is 11.8 Å². The van der Waals surface area contributed by atoms with E-state index in [-0.39, 0.29) is 29.6 Å². The summed E-state index contributed by atoms with van der Waals surface area (Å²) in [4.78, 5) is 16.2. The van der Waals surface area contributed by atoms with Crippen LogP contribution in [0.4, 0.5) is 5.69 Å². The van der Waals surface area contributed by atoms with Gasteiger partial charge in [-0.3, -0.25) is 9.36 Å². The zero-order chi connectivity index (χ0) is 17.3. The first-order chi connectivity index (χ1) is 12.0. The van der Waals surface area contributed by atoms with Gasteiger partial charge in [0.05, 0.1) is 11.9 Å². The molecule has 5 rings (SSSR count). The van der Waals surface area contributed by atoms with Gasteiger partial charge >= 0.3 is 0 Å². The van der Waals surface area contributed by atoms with Crippen LogP contribution < -0.4 is 5.32 Å². The molecule has 3 aliphatic rings. The molecule has 2 saturated carbocycles. The van der Waals surface area contributed by atoms with E-state index in [9.17, 15) is 15.0 Å². The largest absolute Gasteiger partial charge is 0.494 e. The first-order valence-corrected chi connectivity index (χ1v) is 8.94. The highest BCUT2D eigenvalue weighted by Crippen LogP contribution is 2.78. The van der Waals surface area contributed by atoms with Crippen molar-refractivity contribution in [3.8, 4) is 11.8 Å². The van der Waals surface area contributed by atoms with Crippen LogP contribution in [0, 0.1) is 5.41 Å². The molecule has 2 aromatic rings. The lowest BCUT2D eigenvalue weighted by Crippen LogP contribution is -2.19. The smallest absolute Gasteiger partial charge is 0.244 e. The summed E-state index contributed by atoms with van der Waals surface area (Å²) in [6.45, 7) is -0.139. The number of pyridine rings is 1. The summed E-state index contributed by atoms with van der Waals surface area (Å²) in [5, 5.41) is 24.4. The van der Waals surface area contributed by atoms with E-state index in [2.05, 4.69) is 10.3 Å². The van der Waals surface area contributed by atoms with Gasteiger partial charge < -0.3 is 15.5 Å². The number of nitrogens with zero attached hydrogens (tertiary/aromatic N) is 2. The van der Waals surface area contributed by atoms with E-state index in [1.165, 1.54) is 23.6 Å². The Hall–Kier alpha value is -2.21. The third kappa shape index (κ3) is 1.97. The Bertz CT molecular complexity index is 848. The molecule has 3 aliphatic carbocycles. The predicted octanol–water partition coefficient (Wildman–Crippen LogP) is 3.34. The fourth-order valence-electron chi connectivity index (χ4n) is 5.12. The van der Waals surface area contributed by atoms with Crippen LogP contribution in [0.15, 0.2) is 18.3 Å². The average Bonchev–Trinajstić information content (AvgIpc) is 3.20. The van der Waals surface area contributed by atoms with Crippen LogP contribution in [0.25, 0.3) is 0 Å². The van der Waals surface area contributed by atoms with E-state index in [1.54, 1.807) is 12.1 Å². The average molecular weight is 360 g/mol. The van der Waals surface area contributed by atoms with Gasteiger partial charge in [0.1, 0.15) is 11.7 Å². The Morgan fingerprint density at radius 3 is 2.40 bits per heavy atom. The Morgan fingerprint density at radius 2 is 1.88 bits per heavy atom. The maximum absolute atomic E-state index is 12.3. The normalized spacial score (nSPS) is 24.5. The van der Waals surface area contributed by atoms with E-state index in [0.717, 1.165) is 24.0 Å². The maximum Gasteiger partial charge on any atom is 0.244 e. The van der Waals surface area contributed by atoms with Crippen molar-refractivity contribution in [1.82, 2.24) is 9.55 Å². The van der Waals surface area contributed by atoms with E-state index < -0.39 is 0 Å². The third-order valence-corrected chi connectivity index (χ3v) is 6.48. The van der Waals surface area contributed by atoms with Crippen LogP contribution in [-0.2, 0) is 11.3 Å². The van der Waals surface area contributed by atoms with E-state index in [1.807, 2.05) is 0 Å². The molecule has 0 aliphatic heterocycles. The van der Waals surface area contributed by atoms with Gasteiger partial charge in [-0.15, -0.1) is 0 Å². The van der Waals surface area contributed by atoms with Crippen molar-refractivity contribution in [1.29, 1.82) is 0 Å². The van der Waals surface area contributed by atoms with Crippen LogP contribution in [0.1, 0.15) is 48.6 Å². The fraction of sp³-hybridized carbons (Fsp3) is 0.444. The van der Waals surface area contributed by atoms with Crippen LogP contribution in [0.3, 0.4) is 0 Å². The summed E-state index contributed by atoms with van der Waals surface area (Å²) < 4.78 is 1.32. The van der Waals surface area contributed by atoms with E-state index >= 15 is 0 Å². The second-order valence-electron chi connectivity index (χ2n) is 7.39. The van der Waals surface area contributed by atoms with Crippen LogP contribution in [0.2, 0.25) is 5.15 Å². The molecule has 3 N–H and O–H groups in total. The quantitative estimate of drug-likeness (QED) is 0.733. The van der Waals surface area contributed by atoms with Crippen molar-refractivity contribution in [3.05, 3.63) is 34.6 Å². The van der Waals surface area contributed by atoms with Gasteiger partial charge in [-0.1, -0.05) is 11.6 Å². The predicted molar refractivity (Wildman–Crippen MR) is 92.0 cm³/mol. The number of carbonyl (C=O) groups excluding carboxylic acids is 1. The molecule has 0 aromatic carbocycles. The standard InChI is InChI=1S/C18H18ClN3O3/c19-12-4-1-9(7-20-12)21-13(23)8-22-16(24)14-10-2-3-11(15(14)17(22)25)18(10)5-6-18/h1,4,7,10-11,24-25H,2-3,5-6,8H2,(H,21,23). The van der Waals surface area contributed by atoms with Gasteiger partial charge in [-0.25, -0.2) is 4.98 Å². The second kappa shape index (κ2) is 4.91. The zero-order valence-corrected chi connectivity index (χ0v) is 14.3. The number of halogens is 1. The number of anilines is 1. The highest BCUT2D eigenvalue weighted by molar-refractivity contribution is 6.29. The van der Waals surface area contributed by atoms with E-state index in [4.69, 9.17) is 11.6 Å². The number of amides is 1. The van der Waals surface area contributed by atoms with Gasteiger partial charge in [0.15, 0.2) is 11.8 Å². The minimum atomic E-state index is -0.336. The molecule has 6 nitrogen and oxygen atoms in total. The van der Waals surface area contributed by atoms with Crippen molar-refractivity contribution >= 4 is 23.2 Å². The number of carbonyl (C=O) groups is 1. The molecule has 2 bridgehead atoms. The Morgan fingerprint density at radius 1 is 1.24 bits per heavy atom. The molecule has 130 valence electrons. The third-order valence-electron chi connectivity index (χ3n) is 6.25. The minimum Gasteiger partial charge on any atom is -0.494 e. The first-order valence-electron chi connectivity index (χ1n) is 8.57. The molecule has 2 fully saturated rings. The van der Waals surface area contributed by atoms with Crippen LogP contribution >= 0.6 is 11.6 Å². The highest BCUT2D eigenvalue weighted by atomic mass is 35.5. The molecule has 2 atom stereocenters. The summed E-state index contributed by atoms with van der Waals surface area (Å²) >= 11 is 5.73. The van der Waals surface area contributed by atoms with Gasteiger partial charge in [0.2, 0.25) is 5.91 Å². The molecule has 7 heteroatoms. The van der Waals surface area contributed by atoms with Gasteiger partial charge in [-0.2, -0.15) is 0 Å². The molecule has 1 spiro atoms. The van der Waals surface area contributed by atoms with Crippen molar-refractivity contribution in [2.45, 2.75) is 44.1 Å². The molecule has 1 amide bonds. The van der Waals surface area contributed by atoms with Gasteiger partial charge in [0, 0.05) is 11.1 Å². The Kier molecular flexibility index (Phi) is 2.96. The summed E-state index contributed by atoms with van der Waals surface area (Å²) in [6.07, 6.45) is 5.96.